The molecule has 10 nitrogen and oxygen atoms in total. The largest absolute Gasteiger partial charge is 0.420 e. The van der Waals surface area contributed by atoms with E-state index in [0.29, 0.717) is 31.6 Å². The normalized spacial score (nSPS) is 13.8. The molecule has 2 aromatic carbocycles. The van der Waals surface area contributed by atoms with Crippen LogP contribution in [0.3, 0.4) is 0 Å². The van der Waals surface area contributed by atoms with Crippen molar-refractivity contribution in [3.63, 3.8) is 0 Å². The van der Waals surface area contributed by atoms with Gasteiger partial charge in [-0.25, -0.2) is 14.8 Å². The molecule has 5 rings (SSSR count). The van der Waals surface area contributed by atoms with E-state index in [1.54, 1.807) is 30.4 Å². The number of piperazine rings is 1. The smallest absolute Gasteiger partial charge is 0.412 e. The maximum atomic E-state index is 12.5. The van der Waals surface area contributed by atoms with Crippen LogP contribution in [0, 0.1) is 12.8 Å². The fraction of sp³-hybridized carbons (Fsp3) is 0.314. The fourth-order valence-electron chi connectivity index (χ4n) is 4.89. The summed E-state index contributed by atoms with van der Waals surface area (Å²) in [6, 6.07) is 20.1. The third-order valence-electron chi connectivity index (χ3n) is 7.44. The molecule has 10 heteroatoms. The predicted molar refractivity (Wildman–Crippen MR) is 179 cm³/mol. The number of nitrogens with one attached hydrogen (secondary N) is 2. The first kappa shape index (κ1) is 31.5. The first-order valence-corrected chi connectivity index (χ1v) is 15.2. The van der Waals surface area contributed by atoms with Gasteiger partial charge in [0, 0.05) is 73.1 Å². The van der Waals surface area contributed by atoms with E-state index < -0.39 is 6.29 Å². The number of ether oxygens (including phenoxy) is 2. The number of nitrogens with zero attached hydrogens (tertiary/aromatic N) is 5. The van der Waals surface area contributed by atoms with Crippen molar-refractivity contribution in [1.29, 1.82) is 0 Å². The van der Waals surface area contributed by atoms with E-state index in [4.69, 9.17) is 9.47 Å². The van der Waals surface area contributed by atoms with E-state index in [0.717, 1.165) is 58.2 Å². The van der Waals surface area contributed by atoms with Gasteiger partial charge in [-0.15, -0.1) is 0 Å². The third-order valence-corrected chi connectivity index (χ3v) is 7.44. The van der Waals surface area contributed by atoms with Gasteiger partial charge in [0.2, 0.25) is 12.2 Å². The van der Waals surface area contributed by atoms with Gasteiger partial charge in [-0.2, -0.15) is 0 Å². The van der Waals surface area contributed by atoms with Crippen LogP contribution < -0.4 is 15.5 Å². The summed E-state index contributed by atoms with van der Waals surface area (Å²) in [6.07, 6.45) is 4.37. The lowest BCUT2D eigenvalue weighted by Gasteiger charge is -2.36. The molecule has 1 unspecified atom stereocenters. The summed E-state index contributed by atoms with van der Waals surface area (Å²) >= 11 is 0. The lowest BCUT2D eigenvalue weighted by molar-refractivity contribution is -0.106. The van der Waals surface area contributed by atoms with Crippen LogP contribution in [0.2, 0.25) is 0 Å². The van der Waals surface area contributed by atoms with Crippen LogP contribution >= 0.6 is 0 Å². The maximum Gasteiger partial charge on any atom is 0.412 e. The molecule has 0 spiro atoms. The molecule has 1 saturated heterocycles. The number of hydrogen-bond donors (Lipinski definition) is 2. The topological polar surface area (TPSA) is 105 Å². The Kier molecular flexibility index (Phi) is 10.3. The van der Waals surface area contributed by atoms with Gasteiger partial charge in [-0.3, -0.25) is 4.98 Å². The number of benzene rings is 2. The molecule has 1 fully saturated rings. The number of amides is 1. The molecule has 0 aliphatic carbocycles. The SMILES string of the molecule is C=C(Nc1ccc(C)c(Nc2nccc(-c3cccnc3)n2)c1)c1ccc(N2CCN(C(=O)OC(C)OCC(C)C)CC2)cc1. The Hall–Kier alpha value is -4.96. The summed E-state index contributed by atoms with van der Waals surface area (Å²) in [7, 11) is 0. The molecule has 2 N–H and O–H groups in total. The first-order chi connectivity index (χ1) is 21.7. The average Bonchev–Trinajstić information content (AvgIpc) is 3.06. The maximum absolute atomic E-state index is 12.5. The highest BCUT2D eigenvalue weighted by molar-refractivity contribution is 5.78. The quantitative estimate of drug-likeness (QED) is 0.175. The average molecular weight is 608 g/mol. The zero-order valence-electron chi connectivity index (χ0n) is 26.4. The molecule has 1 atom stereocenters. The van der Waals surface area contributed by atoms with Crippen molar-refractivity contribution in [2.24, 2.45) is 5.92 Å². The molecule has 2 aromatic heterocycles. The van der Waals surface area contributed by atoms with E-state index >= 15 is 0 Å². The molecular formula is C35H41N7O3. The number of pyridine rings is 1. The zero-order valence-corrected chi connectivity index (χ0v) is 26.4. The number of carbonyl (C=O) groups excluding carboxylic acids is 1. The van der Waals surface area contributed by atoms with Gasteiger partial charge in [-0.1, -0.05) is 38.6 Å². The lowest BCUT2D eigenvalue weighted by atomic mass is 10.1. The van der Waals surface area contributed by atoms with E-state index in [1.807, 2.05) is 43.3 Å². The lowest BCUT2D eigenvalue weighted by Crippen LogP contribution is -2.49. The van der Waals surface area contributed by atoms with E-state index in [-0.39, 0.29) is 6.09 Å². The number of anilines is 4. The number of rotatable bonds is 11. The fourth-order valence-corrected chi connectivity index (χ4v) is 4.89. The first-order valence-electron chi connectivity index (χ1n) is 15.2. The number of hydrogen-bond acceptors (Lipinski definition) is 9. The molecule has 1 aliphatic rings. The summed E-state index contributed by atoms with van der Waals surface area (Å²) in [6.45, 7) is 15.4. The Morgan fingerprint density at radius 3 is 2.49 bits per heavy atom. The molecule has 45 heavy (non-hydrogen) atoms. The van der Waals surface area contributed by atoms with Gasteiger partial charge < -0.3 is 29.9 Å². The highest BCUT2D eigenvalue weighted by Gasteiger charge is 2.24. The van der Waals surface area contributed by atoms with Crippen molar-refractivity contribution in [2.75, 3.05) is 48.3 Å². The Labute approximate surface area is 265 Å². The summed E-state index contributed by atoms with van der Waals surface area (Å²) in [5.41, 5.74) is 7.45. The molecule has 234 valence electrons. The second-order valence-corrected chi connectivity index (χ2v) is 11.5. The molecule has 3 heterocycles. The van der Waals surface area contributed by atoms with Crippen molar-refractivity contribution < 1.29 is 14.3 Å². The molecule has 1 aliphatic heterocycles. The minimum Gasteiger partial charge on any atom is -0.420 e. The van der Waals surface area contributed by atoms with Crippen LogP contribution in [-0.4, -0.2) is 65.0 Å². The van der Waals surface area contributed by atoms with Crippen LogP contribution in [0.1, 0.15) is 31.9 Å². The second-order valence-electron chi connectivity index (χ2n) is 11.5. The highest BCUT2D eigenvalue weighted by atomic mass is 16.7. The molecule has 0 bridgehead atoms. The Bertz CT molecular complexity index is 1590. The summed E-state index contributed by atoms with van der Waals surface area (Å²) < 4.78 is 11.0. The molecule has 0 saturated carbocycles. The van der Waals surface area contributed by atoms with Crippen molar-refractivity contribution in [3.8, 4) is 11.3 Å². The van der Waals surface area contributed by atoms with Crippen LogP contribution in [0.25, 0.3) is 17.0 Å². The van der Waals surface area contributed by atoms with Crippen LogP contribution in [0.15, 0.2) is 85.8 Å². The Morgan fingerprint density at radius 2 is 1.78 bits per heavy atom. The van der Waals surface area contributed by atoms with Crippen molar-refractivity contribution in [3.05, 3.63) is 97.0 Å². The Morgan fingerprint density at radius 1 is 1.00 bits per heavy atom. The van der Waals surface area contributed by atoms with Gasteiger partial charge >= 0.3 is 6.09 Å². The number of aromatic nitrogens is 3. The van der Waals surface area contributed by atoms with Crippen molar-refractivity contribution in [2.45, 2.75) is 34.0 Å². The molecule has 0 radical (unpaired) electrons. The zero-order chi connectivity index (χ0) is 31.8. The number of carbonyl (C=O) groups is 1. The minimum atomic E-state index is -0.557. The van der Waals surface area contributed by atoms with Gasteiger partial charge in [0.25, 0.3) is 0 Å². The van der Waals surface area contributed by atoms with Gasteiger partial charge in [-0.05, 0) is 73.4 Å². The monoisotopic (exact) mass is 607 g/mol. The van der Waals surface area contributed by atoms with Gasteiger partial charge in [0.05, 0.1) is 12.3 Å². The third kappa shape index (κ3) is 8.57. The highest BCUT2D eigenvalue weighted by Crippen LogP contribution is 2.27. The van der Waals surface area contributed by atoms with E-state index in [9.17, 15) is 4.79 Å². The number of aryl methyl sites for hydroxylation is 1. The van der Waals surface area contributed by atoms with Gasteiger partial charge in [0.1, 0.15) is 0 Å². The standard InChI is InChI=1S/C35H41N7O3/c1-24(2)23-44-27(5)45-35(43)42-19-17-41(18-20-42)31-12-9-28(10-13-31)26(4)38-30-11-8-25(3)33(21-30)40-34-37-16-14-32(39-34)29-7-6-15-36-22-29/h6-16,21-22,24,27,38H,4,17-20,23H2,1-3,5H3,(H,37,39,40). The summed E-state index contributed by atoms with van der Waals surface area (Å²) in [5, 5.41) is 6.78. The summed E-state index contributed by atoms with van der Waals surface area (Å²) in [5.74, 6) is 0.893. The van der Waals surface area contributed by atoms with Crippen LogP contribution in [-0.2, 0) is 9.47 Å². The molecule has 4 aromatic rings. The van der Waals surface area contributed by atoms with Crippen LogP contribution in [0.4, 0.5) is 27.8 Å². The van der Waals surface area contributed by atoms with Crippen molar-refractivity contribution in [1.82, 2.24) is 19.9 Å². The van der Waals surface area contributed by atoms with E-state index in [1.165, 1.54) is 0 Å². The summed E-state index contributed by atoms with van der Waals surface area (Å²) in [4.78, 5) is 29.8. The second kappa shape index (κ2) is 14.7. The molecular weight excluding hydrogens is 566 g/mol. The molecule has 1 amide bonds. The Balaban J connectivity index is 1.15. The minimum absolute atomic E-state index is 0.330. The van der Waals surface area contributed by atoms with E-state index in [2.05, 4.69) is 75.2 Å². The van der Waals surface area contributed by atoms with Gasteiger partial charge in [0.15, 0.2) is 0 Å². The van der Waals surface area contributed by atoms with Crippen molar-refractivity contribution >= 4 is 34.8 Å². The predicted octanol–water partition coefficient (Wildman–Crippen LogP) is 6.95. The van der Waals surface area contributed by atoms with Crippen LogP contribution in [0.5, 0.6) is 0 Å².